The Kier molecular flexibility index (Phi) is 4.81. The van der Waals surface area contributed by atoms with Crippen molar-refractivity contribution in [1.29, 1.82) is 0 Å². The molecule has 0 saturated heterocycles. The van der Waals surface area contributed by atoms with Crippen molar-refractivity contribution in [1.82, 2.24) is 0 Å². The fraction of sp³-hybridized carbons (Fsp3) is 0.500. The minimum absolute atomic E-state index is 0.192. The van der Waals surface area contributed by atoms with Crippen molar-refractivity contribution < 1.29 is 14.2 Å². The molecule has 19 heavy (non-hydrogen) atoms. The van der Waals surface area contributed by atoms with E-state index in [4.69, 9.17) is 9.84 Å². The molecule has 2 atom stereocenters. The number of aliphatic hydroxyl groups excluding tert-OH is 1. The number of ether oxygens (including phenoxy) is 1. The third-order valence-electron chi connectivity index (χ3n) is 3.43. The predicted octanol–water partition coefficient (Wildman–Crippen LogP) is 3.13. The largest absolute Gasteiger partial charge is 0.490 e. The highest BCUT2D eigenvalue weighted by Crippen LogP contribution is 2.28. The first-order valence-electron chi connectivity index (χ1n) is 6.75. The van der Waals surface area contributed by atoms with Crippen molar-refractivity contribution in [2.24, 2.45) is 5.92 Å². The quantitative estimate of drug-likeness (QED) is 0.830. The standard InChI is InChI=1S/C16H19FO2/c1-12-4-2-6-14(10-12)19-15-8-7-13(5-3-9-18)16(17)11-15/h7-8,11-12,14,18H,2,4,6,9-10H2,1H3. The van der Waals surface area contributed by atoms with Crippen LogP contribution in [-0.4, -0.2) is 17.8 Å². The molecule has 1 N–H and O–H groups in total. The van der Waals surface area contributed by atoms with Gasteiger partial charge in [0.2, 0.25) is 0 Å². The summed E-state index contributed by atoms with van der Waals surface area (Å²) in [6.45, 7) is 1.96. The molecule has 0 spiro atoms. The van der Waals surface area contributed by atoms with E-state index in [1.54, 1.807) is 12.1 Å². The Balaban J connectivity index is 2.03. The highest BCUT2D eigenvalue weighted by Gasteiger charge is 2.20. The van der Waals surface area contributed by atoms with Gasteiger partial charge in [-0.05, 0) is 37.3 Å². The Labute approximate surface area is 113 Å². The third kappa shape index (κ3) is 3.97. The summed E-state index contributed by atoms with van der Waals surface area (Å²) in [7, 11) is 0. The zero-order valence-corrected chi connectivity index (χ0v) is 11.2. The van der Waals surface area contributed by atoms with Crippen molar-refractivity contribution in [2.75, 3.05) is 6.61 Å². The summed E-state index contributed by atoms with van der Waals surface area (Å²) >= 11 is 0. The summed E-state index contributed by atoms with van der Waals surface area (Å²) in [5, 5.41) is 8.59. The molecule has 0 aliphatic heterocycles. The average molecular weight is 262 g/mol. The number of aliphatic hydroxyl groups is 1. The molecule has 1 aromatic rings. The van der Waals surface area contributed by atoms with Gasteiger partial charge in [0, 0.05) is 6.07 Å². The van der Waals surface area contributed by atoms with E-state index >= 15 is 0 Å². The van der Waals surface area contributed by atoms with Crippen molar-refractivity contribution in [3.8, 4) is 17.6 Å². The summed E-state index contributed by atoms with van der Waals surface area (Å²) in [5.41, 5.74) is 0.290. The summed E-state index contributed by atoms with van der Waals surface area (Å²) in [6, 6.07) is 4.71. The van der Waals surface area contributed by atoms with Crippen LogP contribution in [0.5, 0.6) is 5.75 Å². The van der Waals surface area contributed by atoms with E-state index in [0.29, 0.717) is 17.2 Å². The molecule has 0 aromatic heterocycles. The normalized spacial score (nSPS) is 22.5. The van der Waals surface area contributed by atoms with Crippen LogP contribution in [0.1, 0.15) is 38.2 Å². The molecule has 102 valence electrons. The molecule has 2 nitrogen and oxygen atoms in total. The topological polar surface area (TPSA) is 29.5 Å². The molecule has 0 bridgehead atoms. The van der Waals surface area contributed by atoms with Crippen LogP contribution in [0.3, 0.4) is 0 Å². The summed E-state index contributed by atoms with van der Waals surface area (Å²) < 4.78 is 19.6. The number of rotatable bonds is 2. The van der Waals surface area contributed by atoms with Gasteiger partial charge in [0.15, 0.2) is 0 Å². The van der Waals surface area contributed by atoms with Gasteiger partial charge in [-0.2, -0.15) is 0 Å². The molecule has 2 unspecified atom stereocenters. The van der Waals surface area contributed by atoms with Crippen molar-refractivity contribution in [3.05, 3.63) is 29.6 Å². The minimum atomic E-state index is -0.401. The molecular weight excluding hydrogens is 243 g/mol. The molecule has 0 heterocycles. The average Bonchev–Trinajstić information content (AvgIpc) is 2.38. The summed E-state index contributed by atoms with van der Waals surface area (Å²) in [5.74, 6) is 5.85. The SMILES string of the molecule is CC1CCCC(Oc2ccc(C#CCO)c(F)c2)C1. The second-order valence-electron chi connectivity index (χ2n) is 5.11. The van der Waals surface area contributed by atoms with Crippen LogP contribution < -0.4 is 4.74 Å². The third-order valence-corrected chi connectivity index (χ3v) is 3.43. The zero-order valence-electron chi connectivity index (χ0n) is 11.2. The molecule has 0 radical (unpaired) electrons. The minimum Gasteiger partial charge on any atom is -0.490 e. The highest BCUT2D eigenvalue weighted by molar-refractivity contribution is 5.39. The van der Waals surface area contributed by atoms with Crippen LogP contribution in [0.2, 0.25) is 0 Å². The van der Waals surface area contributed by atoms with Crippen molar-refractivity contribution in [3.63, 3.8) is 0 Å². The van der Waals surface area contributed by atoms with Gasteiger partial charge in [-0.1, -0.05) is 25.2 Å². The van der Waals surface area contributed by atoms with Crippen LogP contribution >= 0.6 is 0 Å². The van der Waals surface area contributed by atoms with E-state index in [1.165, 1.54) is 18.9 Å². The monoisotopic (exact) mass is 262 g/mol. The van der Waals surface area contributed by atoms with Crippen LogP contribution in [0.4, 0.5) is 4.39 Å². The zero-order chi connectivity index (χ0) is 13.7. The van der Waals surface area contributed by atoms with E-state index in [0.717, 1.165) is 12.8 Å². The maximum Gasteiger partial charge on any atom is 0.142 e. The van der Waals surface area contributed by atoms with Gasteiger partial charge in [0.05, 0.1) is 11.7 Å². The van der Waals surface area contributed by atoms with Gasteiger partial charge in [-0.3, -0.25) is 0 Å². The lowest BCUT2D eigenvalue weighted by Crippen LogP contribution is -2.24. The lowest BCUT2D eigenvalue weighted by atomic mass is 9.89. The van der Waals surface area contributed by atoms with E-state index in [2.05, 4.69) is 18.8 Å². The first kappa shape index (κ1) is 13.9. The van der Waals surface area contributed by atoms with Crippen molar-refractivity contribution >= 4 is 0 Å². The Morgan fingerprint density at radius 2 is 2.26 bits per heavy atom. The lowest BCUT2D eigenvalue weighted by molar-refractivity contribution is 0.129. The van der Waals surface area contributed by atoms with E-state index in [1.807, 2.05) is 0 Å². The molecule has 1 aromatic carbocycles. The Morgan fingerprint density at radius 1 is 1.42 bits per heavy atom. The van der Waals surface area contributed by atoms with Crippen LogP contribution in [-0.2, 0) is 0 Å². The Bertz CT molecular complexity index is 487. The fourth-order valence-corrected chi connectivity index (χ4v) is 2.48. The molecule has 0 amide bonds. The molecular formula is C16H19FO2. The Morgan fingerprint density at radius 3 is 2.95 bits per heavy atom. The second-order valence-corrected chi connectivity index (χ2v) is 5.11. The Hall–Kier alpha value is -1.53. The number of halogens is 1. The molecule has 3 heteroatoms. The van der Waals surface area contributed by atoms with Crippen LogP contribution in [0.25, 0.3) is 0 Å². The fourth-order valence-electron chi connectivity index (χ4n) is 2.48. The van der Waals surface area contributed by atoms with Gasteiger partial charge in [0.1, 0.15) is 18.2 Å². The van der Waals surface area contributed by atoms with Crippen LogP contribution in [0.15, 0.2) is 18.2 Å². The van der Waals surface area contributed by atoms with Gasteiger partial charge < -0.3 is 9.84 Å². The molecule has 1 aliphatic carbocycles. The van der Waals surface area contributed by atoms with Crippen LogP contribution in [0, 0.1) is 23.6 Å². The van der Waals surface area contributed by atoms with Gasteiger partial charge in [-0.15, -0.1) is 0 Å². The van der Waals surface area contributed by atoms with E-state index in [9.17, 15) is 4.39 Å². The molecule has 2 rings (SSSR count). The van der Waals surface area contributed by atoms with E-state index in [-0.39, 0.29) is 12.7 Å². The first-order chi connectivity index (χ1) is 9.19. The number of hydrogen-bond acceptors (Lipinski definition) is 2. The molecule has 1 fully saturated rings. The molecule has 1 aliphatic rings. The number of hydrogen-bond donors (Lipinski definition) is 1. The summed E-state index contributed by atoms with van der Waals surface area (Å²) in [4.78, 5) is 0. The van der Waals surface area contributed by atoms with Gasteiger partial charge in [-0.25, -0.2) is 4.39 Å². The van der Waals surface area contributed by atoms with E-state index < -0.39 is 5.82 Å². The smallest absolute Gasteiger partial charge is 0.142 e. The summed E-state index contributed by atoms with van der Waals surface area (Å²) in [6.07, 6.45) is 4.70. The van der Waals surface area contributed by atoms with Gasteiger partial charge in [0.25, 0.3) is 0 Å². The number of benzene rings is 1. The predicted molar refractivity (Wildman–Crippen MR) is 72.4 cm³/mol. The second kappa shape index (κ2) is 6.58. The molecule has 1 saturated carbocycles. The first-order valence-corrected chi connectivity index (χ1v) is 6.75. The van der Waals surface area contributed by atoms with Crippen molar-refractivity contribution in [2.45, 2.75) is 38.7 Å². The maximum absolute atomic E-state index is 13.7. The van der Waals surface area contributed by atoms with Gasteiger partial charge >= 0.3 is 0 Å². The maximum atomic E-state index is 13.7. The lowest BCUT2D eigenvalue weighted by Gasteiger charge is -2.27. The highest BCUT2D eigenvalue weighted by atomic mass is 19.1.